The summed E-state index contributed by atoms with van der Waals surface area (Å²) < 4.78 is 6.22. The Balaban J connectivity index is 1.53. The average molecular weight is 579 g/mol. The molecule has 0 aliphatic rings. The monoisotopic (exact) mass is 578 g/mol. The number of aliphatic hydroxyl groups excluding tert-OH is 1. The maximum absolute atomic E-state index is 10.2. The normalized spacial score (nSPS) is 10.7. The lowest BCUT2D eigenvalue weighted by atomic mass is 9.98. The van der Waals surface area contributed by atoms with E-state index in [0.29, 0.717) is 57.1 Å². The van der Waals surface area contributed by atoms with Crippen molar-refractivity contribution in [1.82, 2.24) is 15.0 Å². The molecule has 5 rings (SSSR count). The highest BCUT2D eigenvalue weighted by atomic mass is 35.5. The van der Waals surface area contributed by atoms with Crippen LogP contribution in [0.1, 0.15) is 28.9 Å². The van der Waals surface area contributed by atoms with Crippen LogP contribution in [-0.2, 0) is 12.2 Å². The van der Waals surface area contributed by atoms with Gasteiger partial charge in [-0.15, -0.1) is 0 Å². The molecule has 0 amide bonds. The van der Waals surface area contributed by atoms with Gasteiger partial charge in [0.05, 0.1) is 11.3 Å². The van der Waals surface area contributed by atoms with Crippen molar-refractivity contribution in [1.29, 1.82) is 10.5 Å². The van der Waals surface area contributed by atoms with E-state index < -0.39 is 0 Å². The van der Waals surface area contributed by atoms with Crippen LogP contribution < -0.4 is 5.73 Å². The molecule has 0 aliphatic carbocycles. The molecule has 0 unspecified atom stereocenters. The summed E-state index contributed by atoms with van der Waals surface area (Å²) >= 11 is 7.35. The molecule has 8 nitrogen and oxygen atoms in total. The fourth-order valence-electron chi connectivity index (χ4n) is 4.29. The number of halogens is 1. The largest absolute Gasteiger partial charge is 0.436 e. The molecular formula is C31H23ClN6O2S. The number of hydrogen-bond acceptors (Lipinski definition) is 9. The highest BCUT2D eigenvalue weighted by molar-refractivity contribution is 7.98. The summed E-state index contributed by atoms with van der Waals surface area (Å²) in [5.74, 6) is 1.40. The molecule has 5 aromatic rings. The zero-order chi connectivity index (χ0) is 28.8. The molecule has 0 saturated heterocycles. The van der Waals surface area contributed by atoms with Gasteiger partial charge in [0.25, 0.3) is 0 Å². The Hall–Kier alpha value is -4.67. The Labute approximate surface area is 246 Å². The molecule has 0 atom stereocenters. The molecule has 41 heavy (non-hydrogen) atoms. The van der Waals surface area contributed by atoms with Crippen molar-refractivity contribution in [3.63, 3.8) is 0 Å². The number of aliphatic hydroxyl groups is 1. The summed E-state index contributed by atoms with van der Waals surface area (Å²) in [7, 11) is 0. The zero-order valence-corrected chi connectivity index (χ0v) is 23.3. The number of thioether (sulfide) groups is 1. The van der Waals surface area contributed by atoms with Crippen LogP contribution in [0.3, 0.4) is 0 Å². The van der Waals surface area contributed by atoms with Crippen LogP contribution in [0.15, 0.2) is 82.4 Å². The number of rotatable bonds is 9. The van der Waals surface area contributed by atoms with Crippen LogP contribution in [0.2, 0.25) is 5.02 Å². The third kappa shape index (κ3) is 6.08. The molecule has 0 radical (unpaired) electrons. The summed E-state index contributed by atoms with van der Waals surface area (Å²) in [5, 5.41) is 30.2. The van der Waals surface area contributed by atoms with Crippen molar-refractivity contribution >= 4 is 29.2 Å². The third-order valence-electron chi connectivity index (χ3n) is 6.29. The van der Waals surface area contributed by atoms with Crippen molar-refractivity contribution in [2.75, 3.05) is 12.3 Å². The van der Waals surface area contributed by atoms with Crippen molar-refractivity contribution in [3.05, 3.63) is 100 Å². The van der Waals surface area contributed by atoms with E-state index in [1.807, 2.05) is 48.5 Å². The summed E-state index contributed by atoms with van der Waals surface area (Å²) in [5.41, 5.74) is 10.6. The van der Waals surface area contributed by atoms with Gasteiger partial charge in [-0.3, -0.25) is 4.98 Å². The molecule has 10 heteroatoms. The molecule has 2 aromatic carbocycles. The van der Waals surface area contributed by atoms with E-state index in [-0.39, 0.29) is 23.6 Å². The van der Waals surface area contributed by atoms with Crippen LogP contribution in [-0.4, -0.2) is 26.7 Å². The lowest BCUT2D eigenvalue weighted by molar-refractivity contribution is 0.288. The van der Waals surface area contributed by atoms with E-state index in [1.54, 1.807) is 24.4 Å². The minimum atomic E-state index is 0.0265. The van der Waals surface area contributed by atoms with Gasteiger partial charge in [0.2, 0.25) is 5.89 Å². The molecular weight excluding hydrogens is 556 g/mol. The van der Waals surface area contributed by atoms with Gasteiger partial charge in [0, 0.05) is 51.5 Å². The van der Waals surface area contributed by atoms with E-state index >= 15 is 0 Å². The Morgan fingerprint density at radius 3 is 2.29 bits per heavy atom. The number of benzene rings is 2. The number of nitrogens with zero attached hydrogens (tertiary/aromatic N) is 5. The standard InChI is InChI=1S/C31H23ClN6O2S/c32-22-11-8-20(9-12-22)30-37-26(28(40-30)19-5-2-1-3-6-19)18-41-31-25(16-34)27(24(15-33)29(35)38-31)21-10-13-23(36-17-21)7-4-14-39/h1-3,5-6,8-13,17,39H,4,7,14,18H2,(H2,35,38). The van der Waals surface area contributed by atoms with Gasteiger partial charge in [-0.05, 0) is 43.2 Å². The molecule has 3 heterocycles. The first-order chi connectivity index (χ1) is 20.0. The number of pyridine rings is 2. The first-order valence-corrected chi connectivity index (χ1v) is 14.0. The Kier molecular flexibility index (Phi) is 8.61. The first-order valence-electron chi connectivity index (χ1n) is 12.7. The van der Waals surface area contributed by atoms with Gasteiger partial charge in [0.1, 0.15) is 28.5 Å². The molecule has 3 aromatic heterocycles. The van der Waals surface area contributed by atoms with Crippen molar-refractivity contribution in [2.24, 2.45) is 0 Å². The van der Waals surface area contributed by atoms with Crippen molar-refractivity contribution < 1.29 is 9.52 Å². The Morgan fingerprint density at radius 1 is 0.902 bits per heavy atom. The van der Waals surface area contributed by atoms with Crippen LogP contribution in [0.4, 0.5) is 5.82 Å². The number of nitriles is 2. The molecule has 0 saturated carbocycles. The SMILES string of the molecule is N#Cc1c(N)nc(SCc2nc(-c3ccc(Cl)cc3)oc2-c2ccccc2)c(C#N)c1-c1ccc(CCCO)nc1. The maximum atomic E-state index is 10.2. The molecule has 3 N–H and O–H groups in total. The van der Waals surface area contributed by atoms with E-state index in [0.717, 1.165) is 16.8 Å². The Bertz CT molecular complexity index is 1760. The number of nitrogen functional groups attached to an aromatic ring is 1. The summed E-state index contributed by atoms with van der Waals surface area (Å²) in [4.78, 5) is 13.7. The Morgan fingerprint density at radius 2 is 1.63 bits per heavy atom. The third-order valence-corrected chi connectivity index (χ3v) is 7.53. The summed E-state index contributed by atoms with van der Waals surface area (Å²) in [6.45, 7) is 0.0702. The number of anilines is 1. The van der Waals surface area contributed by atoms with Gasteiger partial charge in [-0.1, -0.05) is 59.8 Å². The lowest BCUT2D eigenvalue weighted by Crippen LogP contribution is -2.04. The van der Waals surface area contributed by atoms with Crippen LogP contribution in [0, 0.1) is 22.7 Å². The van der Waals surface area contributed by atoms with Crippen molar-refractivity contribution in [2.45, 2.75) is 23.6 Å². The van der Waals surface area contributed by atoms with Gasteiger partial charge < -0.3 is 15.3 Å². The molecule has 0 fully saturated rings. The fraction of sp³-hybridized carbons (Fsp3) is 0.129. The predicted octanol–water partition coefficient (Wildman–Crippen LogP) is 6.66. The topological polar surface area (TPSA) is 146 Å². The average Bonchev–Trinajstić information content (AvgIpc) is 3.44. The zero-order valence-electron chi connectivity index (χ0n) is 21.7. The minimum Gasteiger partial charge on any atom is -0.436 e. The maximum Gasteiger partial charge on any atom is 0.227 e. The molecule has 0 aliphatic heterocycles. The number of hydrogen-bond donors (Lipinski definition) is 2. The van der Waals surface area contributed by atoms with Crippen LogP contribution >= 0.6 is 23.4 Å². The van der Waals surface area contributed by atoms with Crippen LogP contribution in [0.5, 0.6) is 0 Å². The second-order valence-electron chi connectivity index (χ2n) is 8.97. The predicted molar refractivity (Wildman–Crippen MR) is 159 cm³/mol. The number of nitrogens with two attached hydrogens (primary N) is 1. The van der Waals surface area contributed by atoms with Crippen molar-refractivity contribution in [3.8, 4) is 46.0 Å². The highest BCUT2D eigenvalue weighted by Gasteiger charge is 2.23. The summed E-state index contributed by atoms with van der Waals surface area (Å²) in [6, 6.07) is 24.8. The quantitative estimate of drug-likeness (QED) is 0.183. The van der Waals surface area contributed by atoms with Gasteiger partial charge in [0.15, 0.2) is 5.76 Å². The number of oxazole rings is 1. The minimum absolute atomic E-state index is 0.0265. The van der Waals surface area contributed by atoms with E-state index in [1.165, 1.54) is 11.8 Å². The number of aromatic nitrogens is 3. The van der Waals surface area contributed by atoms with Gasteiger partial charge >= 0.3 is 0 Å². The molecule has 202 valence electrons. The lowest BCUT2D eigenvalue weighted by Gasteiger charge is -2.13. The van der Waals surface area contributed by atoms with Gasteiger partial charge in [-0.2, -0.15) is 10.5 Å². The molecule has 0 spiro atoms. The fourth-order valence-corrected chi connectivity index (χ4v) is 5.34. The van der Waals surface area contributed by atoms with Gasteiger partial charge in [-0.25, -0.2) is 9.97 Å². The number of aryl methyl sites for hydroxylation is 1. The second-order valence-corrected chi connectivity index (χ2v) is 10.4. The summed E-state index contributed by atoms with van der Waals surface area (Å²) in [6.07, 6.45) is 2.82. The smallest absolute Gasteiger partial charge is 0.227 e. The van der Waals surface area contributed by atoms with E-state index in [2.05, 4.69) is 22.1 Å². The van der Waals surface area contributed by atoms with Crippen LogP contribution in [0.25, 0.3) is 33.9 Å². The first kappa shape index (κ1) is 27.9. The highest BCUT2D eigenvalue weighted by Crippen LogP contribution is 2.38. The molecule has 0 bridgehead atoms. The second kappa shape index (κ2) is 12.7. The van der Waals surface area contributed by atoms with E-state index in [9.17, 15) is 10.5 Å². The van der Waals surface area contributed by atoms with E-state index in [4.69, 9.17) is 31.8 Å².